The molecular weight excluding hydrogens is 444 g/mol. The van der Waals surface area contributed by atoms with Crippen LogP contribution in [-0.2, 0) is 6.54 Å². The molecular formula is C26H30N6O3. The summed E-state index contributed by atoms with van der Waals surface area (Å²) in [6.07, 6.45) is 4.98. The molecule has 0 unspecified atom stereocenters. The van der Waals surface area contributed by atoms with Crippen LogP contribution in [-0.4, -0.2) is 37.4 Å². The van der Waals surface area contributed by atoms with Crippen LogP contribution in [0, 0.1) is 0 Å². The van der Waals surface area contributed by atoms with Crippen LogP contribution in [0.25, 0.3) is 34.3 Å². The Morgan fingerprint density at radius 3 is 2.51 bits per heavy atom. The number of aromatic nitrogens is 5. The molecule has 4 rings (SSSR count). The molecule has 0 fully saturated rings. The van der Waals surface area contributed by atoms with E-state index in [1.165, 1.54) is 6.07 Å². The SMILES string of the molecule is COc1cc(CNC(C)(C)C)ccc1-c1nnc(-c2cncc(-c3ccc(=O)n(C(C)C)c3)n2)o1. The van der Waals surface area contributed by atoms with E-state index in [0.717, 1.165) is 11.1 Å². The Hall–Kier alpha value is -3.85. The molecule has 1 N–H and O–H groups in total. The second-order valence-corrected chi connectivity index (χ2v) is 9.60. The summed E-state index contributed by atoms with van der Waals surface area (Å²) in [4.78, 5) is 21.0. The average molecular weight is 475 g/mol. The summed E-state index contributed by atoms with van der Waals surface area (Å²) in [5.74, 6) is 1.21. The lowest BCUT2D eigenvalue weighted by molar-refractivity contribution is 0.409. The molecule has 0 radical (unpaired) electrons. The minimum atomic E-state index is -0.0661. The van der Waals surface area contributed by atoms with Gasteiger partial charge in [0.25, 0.3) is 17.3 Å². The van der Waals surface area contributed by atoms with E-state index in [1.54, 1.807) is 36.3 Å². The Kier molecular flexibility index (Phi) is 6.79. The average Bonchev–Trinajstić information content (AvgIpc) is 3.32. The van der Waals surface area contributed by atoms with Crippen molar-refractivity contribution in [3.8, 4) is 40.0 Å². The number of rotatable bonds is 7. The molecule has 0 aliphatic carbocycles. The maximum absolute atomic E-state index is 12.1. The molecule has 9 heteroatoms. The number of nitrogens with zero attached hydrogens (tertiary/aromatic N) is 5. The number of benzene rings is 1. The predicted octanol–water partition coefficient (Wildman–Crippen LogP) is 4.50. The van der Waals surface area contributed by atoms with E-state index >= 15 is 0 Å². The van der Waals surface area contributed by atoms with Gasteiger partial charge in [-0.3, -0.25) is 9.78 Å². The molecule has 0 bridgehead atoms. The fraction of sp³-hybridized carbons (Fsp3) is 0.346. The van der Waals surface area contributed by atoms with Crippen molar-refractivity contribution in [3.63, 3.8) is 0 Å². The first-order chi connectivity index (χ1) is 16.6. The smallest absolute Gasteiger partial charge is 0.268 e. The van der Waals surface area contributed by atoms with Gasteiger partial charge in [0.2, 0.25) is 0 Å². The lowest BCUT2D eigenvalue weighted by Crippen LogP contribution is -2.35. The topological polar surface area (TPSA) is 108 Å². The van der Waals surface area contributed by atoms with Crippen LogP contribution < -0.4 is 15.6 Å². The molecule has 3 heterocycles. The molecule has 0 aliphatic heterocycles. The summed E-state index contributed by atoms with van der Waals surface area (Å²) in [5, 5.41) is 11.9. The first-order valence-electron chi connectivity index (χ1n) is 11.5. The third-order valence-electron chi connectivity index (χ3n) is 5.39. The first-order valence-corrected chi connectivity index (χ1v) is 11.5. The number of pyridine rings is 1. The molecule has 0 aliphatic rings. The number of hydrogen-bond acceptors (Lipinski definition) is 8. The van der Waals surface area contributed by atoms with E-state index in [0.29, 0.717) is 35.1 Å². The Morgan fingerprint density at radius 2 is 1.80 bits per heavy atom. The first kappa shape index (κ1) is 24.3. The molecule has 1 aromatic carbocycles. The van der Waals surface area contributed by atoms with Crippen molar-refractivity contribution in [2.75, 3.05) is 7.11 Å². The minimum Gasteiger partial charge on any atom is -0.496 e. The Balaban J connectivity index is 1.62. The molecule has 0 amide bonds. The van der Waals surface area contributed by atoms with Crippen molar-refractivity contribution < 1.29 is 9.15 Å². The van der Waals surface area contributed by atoms with E-state index in [2.05, 4.69) is 46.3 Å². The molecule has 9 nitrogen and oxygen atoms in total. The Labute approximate surface area is 204 Å². The molecule has 35 heavy (non-hydrogen) atoms. The number of ether oxygens (including phenoxy) is 1. The van der Waals surface area contributed by atoms with Gasteiger partial charge in [-0.25, -0.2) is 4.98 Å². The van der Waals surface area contributed by atoms with E-state index in [-0.39, 0.29) is 23.0 Å². The largest absolute Gasteiger partial charge is 0.496 e. The third kappa shape index (κ3) is 5.63. The maximum atomic E-state index is 12.1. The fourth-order valence-electron chi connectivity index (χ4n) is 3.49. The van der Waals surface area contributed by atoms with Crippen molar-refractivity contribution >= 4 is 0 Å². The van der Waals surface area contributed by atoms with Crippen LogP contribution in [0.4, 0.5) is 0 Å². The van der Waals surface area contributed by atoms with Gasteiger partial charge in [0.15, 0.2) is 0 Å². The predicted molar refractivity (Wildman–Crippen MR) is 134 cm³/mol. The fourth-order valence-corrected chi connectivity index (χ4v) is 3.49. The van der Waals surface area contributed by atoms with Crippen molar-refractivity contribution in [3.05, 3.63) is 64.8 Å². The van der Waals surface area contributed by atoms with Gasteiger partial charge >= 0.3 is 0 Å². The molecule has 0 saturated carbocycles. The van der Waals surface area contributed by atoms with Gasteiger partial charge in [-0.2, -0.15) is 0 Å². The monoisotopic (exact) mass is 474 g/mol. The molecule has 0 atom stereocenters. The Bertz CT molecular complexity index is 1380. The summed E-state index contributed by atoms with van der Waals surface area (Å²) in [7, 11) is 1.61. The lowest BCUT2D eigenvalue weighted by atomic mass is 10.1. The van der Waals surface area contributed by atoms with Gasteiger partial charge in [0, 0.05) is 36.0 Å². The Morgan fingerprint density at radius 1 is 1.06 bits per heavy atom. The van der Waals surface area contributed by atoms with Crippen molar-refractivity contribution in [2.24, 2.45) is 0 Å². The van der Waals surface area contributed by atoms with E-state index in [9.17, 15) is 4.79 Å². The molecule has 4 aromatic rings. The van der Waals surface area contributed by atoms with Gasteiger partial charge in [-0.1, -0.05) is 6.07 Å². The quantitative estimate of drug-likeness (QED) is 0.417. The molecule has 182 valence electrons. The summed E-state index contributed by atoms with van der Waals surface area (Å²) < 4.78 is 13.2. The summed E-state index contributed by atoms with van der Waals surface area (Å²) in [6, 6.07) is 9.17. The van der Waals surface area contributed by atoms with Crippen molar-refractivity contribution in [1.29, 1.82) is 0 Å². The normalized spacial score (nSPS) is 11.7. The van der Waals surface area contributed by atoms with Crippen molar-refractivity contribution in [2.45, 2.75) is 52.7 Å². The van der Waals surface area contributed by atoms with Crippen LogP contribution in [0.15, 0.2) is 58.1 Å². The zero-order valence-electron chi connectivity index (χ0n) is 20.9. The third-order valence-corrected chi connectivity index (χ3v) is 5.39. The zero-order chi connectivity index (χ0) is 25.2. The van der Waals surface area contributed by atoms with Crippen LogP contribution in [0.5, 0.6) is 5.75 Å². The highest BCUT2D eigenvalue weighted by atomic mass is 16.5. The maximum Gasteiger partial charge on any atom is 0.268 e. The van der Waals surface area contributed by atoms with Crippen LogP contribution >= 0.6 is 0 Å². The number of hydrogen-bond donors (Lipinski definition) is 1. The second-order valence-electron chi connectivity index (χ2n) is 9.60. The summed E-state index contributed by atoms with van der Waals surface area (Å²) in [5.41, 5.74) is 3.53. The van der Waals surface area contributed by atoms with Gasteiger partial charge in [0.1, 0.15) is 11.4 Å². The zero-order valence-corrected chi connectivity index (χ0v) is 20.9. The summed E-state index contributed by atoms with van der Waals surface area (Å²) in [6.45, 7) is 11.0. The van der Waals surface area contributed by atoms with Gasteiger partial charge in [-0.15, -0.1) is 10.2 Å². The van der Waals surface area contributed by atoms with Crippen LogP contribution in [0.2, 0.25) is 0 Å². The molecule has 0 saturated heterocycles. The molecule has 0 spiro atoms. The van der Waals surface area contributed by atoms with Crippen LogP contribution in [0.3, 0.4) is 0 Å². The van der Waals surface area contributed by atoms with Gasteiger partial charge in [0.05, 0.1) is 30.8 Å². The van der Waals surface area contributed by atoms with E-state index in [1.807, 2.05) is 32.0 Å². The molecule has 3 aromatic heterocycles. The van der Waals surface area contributed by atoms with Gasteiger partial charge < -0.3 is 19.0 Å². The van der Waals surface area contributed by atoms with Crippen LogP contribution in [0.1, 0.15) is 46.2 Å². The van der Waals surface area contributed by atoms with E-state index in [4.69, 9.17) is 9.15 Å². The highest BCUT2D eigenvalue weighted by molar-refractivity contribution is 5.65. The van der Waals surface area contributed by atoms with Crippen molar-refractivity contribution in [1.82, 2.24) is 30.0 Å². The van der Waals surface area contributed by atoms with E-state index < -0.39 is 0 Å². The lowest BCUT2D eigenvalue weighted by Gasteiger charge is -2.20. The highest BCUT2D eigenvalue weighted by Gasteiger charge is 2.18. The summed E-state index contributed by atoms with van der Waals surface area (Å²) >= 11 is 0. The number of methoxy groups -OCH3 is 1. The minimum absolute atomic E-state index is 0.00886. The standard InChI is InChI=1S/C26H30N6O3/c1-16(2)32-15-18(8-10-23(32)33)20-13-27-14-21(29-20)25-31-30-24(35-25)19-9-7-17(11-22(19)34-6)12-28-26(3,4)5/h7-11,13-16,28H,12H2,1-6H3. The second kappa shape index (κ2) is 9.79. The highest BCUT2D eigenvalue weighted by Crippen LogP contribution is 2.32. The number of nitrogens with one attached hydrogen (secondary N) is 1. The van der Waals surface area contributed by atoms with Gasteiger partial charge in [-0.05, 0) is 58.4 Å².